The molecule has 1 aliphatic carbocycles. The molecule has 135 valence electrons. The molecule has 0 atom stereocenters. The number of rotatable bonds is 0. The van der Waals surface area contributed by atoms with E-state index in [0.29, 0.717) is 0 Å². The number of nitrogens with zero attached hydrogens (tertiary/aromatic N) is 1. The third-order valence-corrected chi connectivity index (χ3v) is 3.61. The molecule has 0 aromatic carbocycles. The molecule has 4 nitrogen and oxygen atoms in total. The number of hydrogen-bond acceptors (Lipinski definition) is 2. The number of aromatic amines is 1. The number of imidazole rings is 1. The standard InChI is InChI=1S/C9H17.C7H3N2O2.3Ru.Y/c1-9-7-5-3-2-4-6-8-9;10-6-3-1-2-5-7(11)8-4-9(5)6;;;;/h2,9H,3-8H2,1H3;1,4H,(H,8,11);;;;/q-1;-3;;2*+1;. The fourth-order valence-corrected chi connectivity index (χ4v) is 2.41. The summed E-state index contributed by atoms with van der Waals surface area (Å²) in [6, 6.07) is 6.30. The largest absolute Gasteiger partial charge is 1.00 e. The van der Waals surface area contributed by atoms with Crippen molar-refractivity contribution in [2.75, 3.05) is 0 Å². The first-order valence-electron chi connectivity index (χ1n) is 7.19. The predicted octanol–water partition coefficient (Wildman–Crippen LogP) is 2.48. The van der Waals surface area contributed by atoms with Crippen molar-refractivity contribution in [1.82, 2.24) is 9.38 Å². The Kier molecular flexibility index (Phi) is 20.6. The molecule has 0 bridgehead atoms. The van der Waals surface area contributed by atoms with Gasteiger partial charge in [-0.15, -0.1) is 0 Å². The Balaban J connectivity index is -0.000000320. The maximum Gasteiger partial charge on any atom is 1.00 e. The van der Waals surface area contributed by atoms with Crippen molar-refractivity contribution in [2.24, 2.45) is 5.92 Å². The maximum absolute atomic E-state index is 10.9. The zero-order valence-electron chi connectivity index (χ0n) is 13.5. The molecule has 1 saturated carbocycles. The molecule has 0 amide bonds. The molecule has 1 N–H and O–H groups in total. The first-order chi connectivity index (χ1) is 9.68. The average molecular weight is 664 g/mol. The zero-order chi connectivity index (χ0) is 14.4. The van der Waals surface area contributed by atoms with Crippen molar-refractivity contribution in [3.63, 3.8) is 0 Å². The molecule has 24 heavy (non-hydrogen) atoms. The predicted molar refractivity (Wildman–Crippen MR) is 78.7 cm³/mol. The van der Waals surface area contributed by atoms with Crippen LogP contribution in [0.3, 0.4) is 0 Å². The van der Waals surface area contributed by atoms with Crippen LogP contribution in [0, 0.1) is 24.5 Å². The summed E-state index contributed by atoms with van der Waals surface area (Å²) in [6.45, 7) is 2.38. The summed E-state index contributed by atoms with van der Waals surface area (Å²) in [6.07, 6.45) is 12.3. The number of pyridine rings is 1. The van der Waals surface area contributed by atoms with E-state index in [-0.39, 0.29) is 108 Å². The van der Waals surface area contributed by atoms with Crippen molar-refractivity contribution in [3.8, 4) is 0 Å². The first kappa shape index (κ1) is 30.0. The van der Waals surface area contributed by atoms with E-state index in [0.717, 1.165) is 5.92 Å². The molecule has 2 aromatic rings. The van der Waals surface area contributed by atoms with Crippen LogP contribution in [0.2, 0.25) is 0 Å². The third-order valence-electron chi connectivity index (χ3n) is 3.61. The molecule has 2 heterocycles. The number of H-pyrrole nitrogens is 1. The molecular formula is C16H20N2O2Ru3Y-2. The first-order valence-corrected chi connectivity index (χ1v) is 7.19. The number of hydrogen-bond donors (Lipinski definition) is 1. The van der Waals surface area contributed by atoms with Crippen LogP contribution >= 0.6 is 0 Å². The topological polar surface area (TPSA) is 54.3 Å². The van der Waals surface area contributed by atoms with Gasteiger partial charge < -0.3 is 43.6 Å². The van der Waals surface area contributed by atoms with Gasteiger partial charge in [0.05, 0.1) is 0 Å². The van der Waals surface area contributed by atoms with Crippen molar-refractivity contribution < 1.29 is 91.1 Å². The zero-order valence-corrected chi connectivity index (χ0v) is 21.5. The fraction of sp³-hybridized carbons (Fsp3) is 0.500. The minimum Gasteiger partial charge on any atom is -0.543 e. The summed E-state index contributed by atoms with van der Waals surface area (Å²) in [5.41, 5.74) is -0.429. The molecule has 0 saturated heterocycles. The van der Waals surface area contributed by atoms with E-state index in [1.54, 1.807) is 0 Å². The molecule has 1 aliphatic rings. The van der Waals surface area contributed by atoms with Crippen molar-refractivity contribution in [3.05, 3.63) is 51.7 Å². The summed E-state index contributed by atoms with van der Waals surface area (Å²) in [5, 5.41) is 0. The molecule has 8 heteroatoms. The summed E-state index contributed by atoms with van der Waals surface area (Å²) in [4.78, 5) is 24.2. The van der Waals surface area contributed by atoms with E-state index in [2.05, 4.69) is 30.5 Å². The van der Waals surface area contributed by atoms with Crippen LogP contribution in [0.1, 0.15) is 45.4 Å². The normalized spacial score (nSPS) is 14.2. The summed E-state index contributed by atoms with van der Waals surface area (Å²) >= 11 is 0. The second kappa shape index (κ2) is 16.4. The van der Waals surface area contributed by atoms with E-state index in [1.165, 1.54) is 55.3 Å². The van der Waals surface area contributed by atoms with Gasteiger partial charge in [-0.3, -0.25) is 0 Å². The van der Waals surface area contributed by atoms with Crippen LogP contribution in [0.15, 0.2) is 22.0 Å². The minimum atomic E-state index is -0.350. The van der Waals surface area contributed by atoms with Gasteiger partial charge in [-0.2, -0.15) is 18.4 Å². The van der Waals surface area contributed by atoms with Crippen LogP contribution in [0.4, 0.5) is 0 Å². The SMILES string of the molecule is CC1CCC[CH-]CCC1.O=c1[nH][cH-]n2c(=O)[c-]c[c-]c12.[Ru+].[Ru+].[Ru].[Y]. The monoisotopic (exact) mass is 667 g/mol. The fourth-order valence-electron chi connectivity index (χ4n) is 2.41. The quantitative estimate of drug-likeness (QED) is 0.348. The van der Waals surface area contributed by atoms with Gasteiger partial charge in [0.15, 0.2) is 0 Å². The molecule has 1 fully saturated rings. The molecule has 0 aliphatic heterocycles. The van der Waals surface area contributed by atoms with Crippen molar-refractivity contribution in [1.29, 1.82) is 0 Å². The van der Waals surface area contributed by atoms with Gasteiger partial charge >= 0.3 is 39.0 Å². The Hall–Kier alpha value is 1.26. The Labute approximate surface area is 206 Å². The van der Waals surface area contributed by atoms with Crippen LogP contribution < -0.4 is 11.1 Å². The number of nitrogens with one attached hydrogen (secondary N) is 1. The molecule has 3 radical (unpaired) electrons. The molecular weight excluding hydrogens is 644 g/mol. The van der Waals surface area contributed by atoms with Crippen LogP contribution in [-0.4, -0.2) is 9.38 Å². The maximum atomic E-state index is 10.9. The Morgan fingerprint density at radius 1 is 1.17 bits per heavy atom. The molecule has 0 spiro atoms. The summed E-state index contributed by atoms with van der Waals surface area (Å²) in [7, 11) is 0. The number of aromatic nitrogens is 2. The second-order valence-corrected chi connectivity index (χ2v) is 5.31. The van der Waals surface area contributed by atoms with Crippen molar-refractivity contribution >= 4 is 5.52 Å². The summed E-state index contributed by atoms with van der Waals surface area (Å²) < 4.78 is 1.17. The van der Waals surface area contributed by atoms with Gasteiger partial charge in [-0.1, -0.05) is 32.6 Å². The smallest absolute Gasteiger partial charge is 0.543 e. The Morgan fingerprint density at radius 2 is 1.75 bits per heavy atom. The van der Waals surface area contributed by atoms with Gasteiger partial charge in [-0.05, 0) is 17.8 Å². The molecule has 3 rings (SSSR count). The van der Waals surface area contributed by atoms with E-state index >= 15 is 0 Å². The summed E-state index contributed by atoms with van der Waals surface area (Å²) in [5.74, 6) is 0.999. The van der Waals surface area contributed by atoms with Crippen molar-refractivity contribution in [2.45, 2.75) is 45.4 Å². The third kappa shape index (κ3) is 9.82. The molecule has 2 aromatic heterocycles. The van der Waals surface area contributed by atoms with Crippen LogP contribution in [-0.2, 0) is 91.1 Å². The van der Waals surface area contributed by atoms with Gasteiger partial charge in [0.2, 0.25) is 0 Å². The van der Waals surface area contributed by atoms with E-state index in [1.807, 2.05) is 0 Å². The van der Waals surface area contributed by atoms with Gasteiger partial charge in [-0.25, -0.2) is 0 Å². The number of fused-ring (bicyclic) bond motifs is 1. The van der Waals surface area contributed by atoms with Crippen LogP contribution in [0.5, 0.6) is 0 Å². The van der Waals surface area contributed by atoms with E-state index < -0.39 is 0 Å². The van der Waals surface area contributed by atoms with Gasteiger partial charge in [0, 0.05) is 52.2 Å². The molecule has 0 unspecified atom stereocenters. The Morgan fingerprint density at radius 3 is 2.29 bits per heavy atom. The van der Waals surface area contributed by atoms with E-state index in [4.69, 9.17) is 0 Å². The second-order valence-electron chi connectivity index (χ2n) is 5.31. The minimum absolute atomic E-state index is 0. The van der Waals surface area contributed by atoms with Gasteiger partial charge in [0.1, 0.15) is 5.56 Å². The average Bonchev–Trinajstić information content (AvgIpc) is 2.78. The van der Waals surface area contributed by atoms with Crippen LogP contribution in [0.25, 0.3) is 5.52 Å². The Bertz CT molecular complexity index is 646. The van der Waals surface area contributed by atoms with E-state index in [9.17, 15) is 9.59 Å². The van der Waals surface area contributed by atoms with Gasteiger partial charge in [0.25, 0.3) is 0 Å².